The Kier molecular flexibility index (Phi) is 16.5. The number of rotatable bonds is 17. The molecule has 4 rings (SSSR count). The summed E-state index contributed by atoms with van der Waals surface area (Å²) < 4.78 is 11.4. The summed E-state index contributed by atoms with van der Waals surface area (Å²) in [5.41, 5.74) is 0.886. The number of likely N-dealkylation sites (tertiary alicyclic amines) is 2. The molecule has 332 valence electrons. The molecule has 0 bridgehead atoms. The third-order valence-electron chi connectivity index (χ3n) is 11.9. The minimum atomic E-state index is -1.31. The summed E-state index contributed by atoms with van der Waals surface area (Å²) in [4.78, 5) is 105. The van der Waals surface area contributed by atoms with Crippen LogP contribution in [-0.2, 0) is 49.5 Å². The molecule has 3 aliphatic rings. The van der Waals surface area contributed by atoms with Gasteiger partial charge in [0.1, 0.15) is 36.0 Å². The number of ether oxygens (including phenoxy) is 2. The molecule has 2 fully saturated rings. The Labute approximate surface area is 356 Å². The fourth-order valence-electron chi connectivity index (χ4n) is 8.93. The number of methoxy groups -OCH3 is 1. The van der Waals surface area contributed by atoms with E-state index in [0.717, 1.165) is 10.5 Å². The summed E-state index contributed by atoms with van der Waals surface area (Å²) in [6.07, 6.45) is 2.02. The zero-order valence-corrected chi connectivity index (χ0v) is 37.7. The Morgan fingerprint density at radius 2 is 1.35 bits per heavy atom. The van der Waals surface area contributed by atoms with Gasteiger partial charge < -0.3 is 29.5 Å². The molecule has 6 amide bonds. The highest BCUT2D eigenvalue weighted by atomic mass is 16.6. The van der Waals surface area contributed by atoms with Crippen LogP contribution in [0.4, 0.5) is 0 Å². The van der Waals surface area contributed by atoms with Crippen LogP contribution < -0.4 is 5.32 Å². The van der Waals surface area contributed by atoms with E-state index >= 15 is 0 Å². The molecule has 0 aromatic heterocycles. The molecule has 0 aliphatic carbocycles. The van der Waals surface area contributed by atoms with E-state index in [0.29, 0.717) is 44.4 Å². The zero-order valence-electron chi connectivity index (χ0n) is 37.7. The first kappa shape index (κ1) is 47.9. The number of nitrogens with one attached hydrogen (secondary N) is 1. The lowest BCUT2D eigenvalue weighted by Gasteiger charge is -2.39. The normalized spacial score (nSPS) is 21.4. The van der Waals surface area contributed by atoms with E-state index in [9.17, 15) is 33.6 Å². The Bertz CT molecular complexity index is 1750. The van der Waals surface area contributed by atoms with Crippen molar-refractivity contribution in [1.82, 2.24) is 29.8 Å². The first-order valence-corrected chi connectivity index (χ1v) is 21.4. The minimum Gasteiger partial charge on any atom is -0.499 e. The largest absolute Gasteiger partial charge is 0.499 e. The van der Waals surface area contributed by atoms with Gasteiger partial charge in [-0.2, -0.15) is 0 Å². The lowest BCUT2D eigenvalue weighted by molar-refractivity contribution is -0.170. The number of amides is 6. The monoisotopic (exact) mass is 837 g/mol. The number of benzene rings is 1. The van der Waals surface area contributed by atoms with Crippen LogP contribution in [0.2, 0.25) is 0 Å². The predicted molar refractivity (Wildman–Crippen MR) is 226 cm³/mol. The summed E-state index contributed by atoms with van der Waals surface area (Å²) in [5.74, 6) is -4.24. The summed E-state index contributed by atoms with van der Waals surface area (Å²) in [6, 6.07) is 4.52. The highest BCUT2D eigenvalue weighted by Gasteiger charge is 2.48. The zero-order chi connectivity index (χ0) is 44.7. The van der Waals surface area contributed by atoms with Gasteiger partial charge in [0, 0.05) is 32.6 Å². The molecule has 0 radical (unpaired) electrons. The quantitative estimate of drug-likeness (QED) is 0.230. The van der Waals surface area contributed by atoms with Crippen molar-refractivity contribution < 1.29 is 43.0 Å². The third kappa shape index (κ3) is 10.6. The van der Waals surface area contributed by atoms with E-state index in [1.54, 1.807) is 20.9 Å². The molecular weight excluding hydrogens is 769 g/mol. The first-order chi connectivity index (χ1) is 28.2. The van der Waals surface area contributed by atoms with Crippen molar-refractivity contribution in [2.45, 2.75) is 130 Å². The number of hydrogen-bond donors (Lipinski definition) is 1. The number of nitrogens with zero attached hydrogens (tertiary/aromatic N) is 5. The van der Waals surface area contributed by atoms with Crippen LogP contribution in [0.15, 0.2) is 42.2 Å². The Hall–Kier alpha value is -4.79. The molecule has 3 heterocycles. The molecule has 15 heteroatoms. The van der Waals surface area contributed by atoms with Gasteiger partial charge in [0.2, 0.25) is 23.6 Å². The van der Waals surface area contributed by atoms with Crippen LogP contribution in [0, 0.1) is 23.7 Å². The van der Waals surface area contributed by atoms with Gasteiger partial charge in [-0.3, -0.25) is 38.6 Å². The number of imide groups is 1. The van der Waals surface area contributed by atoms with Gasteiger partial charge in [0.15, 0.2) is 6.10 Å². The molecule has 1 aromatic carbocycles. The Balaban J connectivity index is 1.50. The maximum atomic E-state index is 14.5. The average molecular weight is 837 g/mol. The van der Waals surface area contributed by atoms with Crippen molar-refractivity contribution >= 4 is 41.4 Å². The number of carbonyl (C=O) groups is 7. The predicted octanol–water partition coefficient (Wildman–Crippen LogP) is 3.26. The average Bonchev–Trinajstić information content (AvgIpc) is 3.94. The second-order valence-corrected chi connectivity index (χ2v) is 18.0. The number of hydrogen-bond acceptors (Lipinski definition) is 10. The molecule has 15 nitrogen and oxygen atoms in total. The SMILES string of the molecule is COC1=CC(=O)N(C(=O)C(OC(=O)C2CCCN2C(=O)C2CCCN2C(=O)[C@H](C(C)C)N(C)C(=O)[C@@H](NC(=O)[C@H](C(C)C)N(C)C)C(C)C)C(C)C)C1Cc1ccccc1. The maximum absolute atomic E-state index is 14.5. The summed E-state index contributed by atoms with van der Waals surface area (Å²) >= 11 is 0. The van der Waals surface area contributed by atoms with Gasteiger partial charge in [-0.1, -0.05) is 85.7 Å². The van der Waals surface area contributed by atoms with Crippen molar-refractivity contribution in [2.24, 2.45) is 23.7 Å². The molecule has 0 saturated carbocycles. The summed E-state index contributed by atoms with van der Waals surface area (Å²) in [7, 11) is 6.64. The van der Waals surface area contributed by atoms with Gasteiger partial charge in [0.05, 0.1) is 13.2 Å². The van der Waals surface area contributed by atoms with Crippen LogP contribution in [0.3, 0.4) is 0 Å². The molecular formula is C45H68N6O9. The molecule has 4 unspecified atom stereocenters. The second-order valence-electron chi connectivity index (χ2n) is 18.0. The smallest absolute Gasteiger partial charge is 0.329 e. The minimum absolute atomic E-state index is 0.00726. The Morgan fingerprint density at radius 1 is 0.767 bits per heavy atom. The third-order valence-corrected chi connectivity index (χ3v) is 11.9. The second kappa shape index (κ2) is 20.7. The summed E-state index contributed by atoms with van der Waals surface area (Å²) in [5, 5.41) is 2.95. The van der Waals surface area contributed by atoms with Gasteiger partial charge >= 0.3 is 5.97 Å². The van der Waals surface area contributed by atoms with E-state index < -0.39 is 77.9 Å². The highest BCUT2D eigenvalue weighted by molar-refractivity contribution is 6.06. The molecule has 2 saturated heterocycles. The van der Waals surface area contributed by atoms with E-state index in [2.05, 4.69) is 5.32 Å². The number of esters is 1. The number of likely N-dealkylation sites (N-methyl/N-ethyl adjacent to an activating group) is 2. The van der Waals surface area contributed by atoms with Crippen LogP contribution in [0.5, 0.6) is 0 Å². The van der Waals surface area contributed by atoms with Gasteiger partial charge in [-0.15, -0.1) is 0 Å². The first-order valence-electron chi connectivity index (χ1n) is 21.4. The molecule has 60 heavy (non-hydrogen) atoms. The maximum Gasteiger partial charge on any atom is 0.329 e. The van der Waals surface area contributed by atoms with Crippen molar-refractivity contribution in [2.75, 3.05) is 41.3 Å². The van der Waals surface area contributed by atoms with Crippen LogP contribution in [-0.4, -0.2) is 150 Å². The van der Waals surface area contributed by atoms with Gasteiger partial charge in [-0.25, -0.2) is 4.79 Å². The van der Waals surface area contributed by atoms with Crippen molar-refractivity contribution in [3.63, 3.8) is 0 Å². The van der Waals surface area contributed by atoms with E-state index in [1.165, 1.54) is 27.9 Å². The van der Waals surface area contributed by atoms with E-state index in [1.807, 2.05) is 90.9 Å². The van der Waals surface area contributed by atoms with E-state index in [-0.39, 0.29) is 36.1 Å². The van der Waals surface area contributed by atoms with E-state index in [4.69, 9.17) is 9.47 Å². The molecule has 3 aliphatic heterocycles. The molecule has 7 atom stereocenters. The van der Waals surface area contributed by atoms with Crippen molar-refractivity contribution in [3.05, 3.63) is 47.7 Å². The van der Waals surface area contributed by atoms with Gasteiger partial charge in [0.25, 0.3) is 11.8 Å². The number of carbonyl (C=O) groups excluding carboxylic acids is 7. The van der Waals surface area contributed by atoms with Crippen LogP contribution >= 0.6 is 0 Å². The Morgan fingerprint density at radius 3 is 1.88 bits per heavy atom. The lowest BCUT2D eigenvalue weighted by Crippen LogP contribution is -2.61. The van der Waals surface area contributed by atoms with Crippen molar-refractivity contribution in [1.29, 1.82) is 0 Å². The summed E-state index contributed by atoms with van der Waals surface area (Å²) in [6.45, 7) is 15.3. The lowest BCUT2D eigenvalue weighted by atomic mass is 9.96. The van der Waals surface area contributed by atoms with Crippen molar-refractivity contribution in [3.8, 4) is 0 Å². The topological polar surface area (TPSA) is 166 Å². The molecule has 1 aromatic rings. The fourth-order valence-corrected chi connectivity index (χ4v) is 8.93. The van der Waals surface area contributed by atoms with Gasteiger partial charge in [-0.05, 0) is 69.0 Å². The standard InChI is InChI=1S/C45H68N6O9/c1-26(2)36(46-40(53)37(27(3)4)47(9)10)42(55)48(11)38(28(5)6)43(56)49-22-16-20-31(49)41(54)50-23-17-21-32(50)45(58)60-39(29(7)8)44(57)51-33(34(59-12)25-35(51)52)24-30-18-14-13-15-19-30/h13-15,18-19,25-29,31-33,36-39H,16-17,20-24H2,1-12H3,(H,46,53)/t31?,32?,33?,36-,37-,38-,39?/m0/s1. The fraction of sp³-hybridized carbons (Fsp3) is 0.667. The van der Waals surface area contributed by atoms with Crippen LogP contribution in [0.1, 0.15) is 86.6 Å². The molecule has 1 N–H and O–H groups in total. The van der Waals surface area contributed by atoms with Crippen LogP contribution in [0.25, 0.3) is 0 Å². The highest BCUT2D eigenvalue weighted by Crippen LogP contribution is 2.30. The molecule has 0 spiro atoms.